The summed E-state index contributed by atoms with van der Waals surface area (Å²) in [6.07, 6.45) is 2.47. The summed E-state index contributed by atoms with van der Waals surface area (Å²) in [5, 5.41) is 0.793. The first-order valence-electron chi connectivity index (χ1n) is 9.65. The number of hydrogen-bond acceptors (Lipinski definition) is 5. The van der Waals surface area contributed by atoms with Crippen molar-refractivity contribution < 1.29 is 4.79 Å². The lowest BCUT2D eigenvalue weighted by molar-refractivity contribution is -0.118. The zero-order valence-electron chi connectivity index (χ0n) is 17.1. The maximum Gasteiger partial charge on any atom is 0.233 e. The van der Waals surface area contributed by atoms with Crippen molar-refractivity contribution >= 4 is 56.8 Å². The molecule has 0 aliphatic heterocycles. The van der Waals surface area contributed by atoms with E-state index in [9.17, 15) is 4.79 Å². The number of thioether (sulfide) groups is 1. The summed E-state index contributed by atoms with van der Waals surface area (Å²) in [6, 6.07) is 16.2. The van der Waals surface area contributed by atoms with Gasteiger partial charge in [0.2, 0.25) is 5.91 Å². The summed E-state index contributed by atoms with van der Waals surface area (Å²) in [4.78, 5) is 23.4. The standard InChI is InChI=1S/C22H27N3OS2.ClH/c1-4-24(5-2)13-14-25(21(26)15-17-9-7-6-8-10-17)22-23-19-12-11-18(27-3)16-20(19)28-22;/h6-12,16H,4-5,13-15H2,1-3H3;1H. The Morgan fingerprint density at radius 3 is 2.45 bits per heavy atom. The fourth-order valence-corrected chi connectivity index (χ4v) is 4.67. The van der Waals surface area contributed by atoms with E-state index in [1.807, 2.05) is 41.3 Å². The average molecular weight is 450 g/mol. The van der Waals surface area contributed by atoms with Gasteiger partial charge in [0, 0.05) is 18.0 Å². The molecule has 1 amide bonds. The second-order valence-electron chi connectivity index (χ2n) is 6.56. The van der Waals surface area contributed by atoms with Crippen molar-refractivity contribution in [2.24, 2.45) is 0 Å². The van der Waals surface area contributed by atoms with Crippen molar-refractivity contribution in [1.82, 2.24) is 9.88 Å². The van der Waals surface area contributed by atoms with Gasteiger partial charge in [0.1, 0.15) is 0 Å². The van der Waals surface area contributed by atoms with Crippen molar-refractivity contribution in [1.29, 1.82) is 0 Å². The molecule has 1 aromatic heterocycles. The average Bonchev–Trinajstić information content (AvgIpc) is 3.14. The quantitative estimate of drug-likeness (QED) is 0.412. The summed E-state index contributed by atoms with van der Waals surface area (Å²) < 4.78 is 1.13. The van der Waals surface area contributed by atoms with Crippen molar-refractivity contribution in [2.45, 2.75) is 25.2 Å². The molecule has 7 heteroatoms. The van der Waals surface area contributed by atoms with Gasteiger partial charge in [-0.15, -0.1) is 24.2 Å². The van der Waals surface area contributed by atoms with Crippen molar-refractivity contribution in [3.8, 4) is 0 Å². The Labute approximate surface area is 187 Å². The summed E-state index contributed by atoms with van der Waals surface area (Å²) in [5.74, 6) is 0.0995. The zero-order chi connectivity index (χ0) is 19.9. The van der Waals surface area contributed by atoms with E-state index in [2.05, 4.69) is 37.1 Å². The van der Waals surface area contributed by atoms with Gasteiger partial charge >= 0.3 is 0 Å². The maximum absolute atomic E-state index is 13.2. The lowest BCUT2D eigenvalue weighted by Crippen LogP contribution is -2.39. The van der Waals surface area contributed by atoms with E-state index >= 15 is 0 Å². The largest absolute Gasteiger partial charge is 0.302 e. The number of thiazole rings is 1. The molecule has 0 bridgehead atoms. The Morgan fingerprint density at radius 1 is 1.07 bits per heavy atom. The molecule has 2 aromatic carbocycles. The summed E-state index contributed by atoms with van der Waals surface area (Å²) >= 11 is 3.32. The molecule has 0 saturated heterocycles. The van der Waals surface area contributed by atoms with Gasteiger partial charge < -0.3 is 4.90 Å². The fourth-order valence-electron chi connectivity index (χ4n) is 3.11. The predicted molar refractivity (Wildman–Crippen MR) is 129 cm³/mol. The molecule has 0 N–H and O–H groups in total. The van der Waals surface area contributed by atoms with Gasteiger partial charge in [-0.2, -0.15) is 0 Å². The van der Waals surface area contributed by atoms with E-state index in [-0.39, 0.29) is 18.3 Å². The van der Waals surface area contributed by atoms with Crippen LogP contribution in [0.2, 0.25) is 0 Å². The van der Waals surface area contributed by atoms with Crippen molar-refractivity contribution in [3.05, 3.63) is 54.1 Å². The van der Waals surface area contributed by atoms with Crippen LogP contribution in [0.3, 0.4) is 0 Å². The highest BCUT2D eigenvalue weighted by Crippen LogP contribution is 2.32. The van der Waals surface area contributed by atoms with Crippen LogP contribution < -0.4 is 4.90 Å². The number of amides is 1. The number of aromatic nitrogens is 1. The number of fused-ring (bicyclic) bond motifs is 1. The van der Waals surface area contributed by atoms with Crippen LogP contribution in [0.15, 0.2) is 53.4 Å². The van der Waals surface area contributed by atoms with Crippen LogP contribution in [0, 0.1) is 0 Å². The minimum absolute atomic E-state index is 0. The normalized spacial score (nSPS) is 10.9. The molecule has 29 heavy (non-hydrogen) atoms. The highest BCUT2D eigenvalue weighted by molar-refractivity contribution is 7.98. The van der Waals surface area contributed by atoms with E-state index in [4.69, 9.17) is 4.98 Å². The first-order valence-corrected chi connectivity index (χ1v) is 11.7. The molecule has 0 saturated carbocycles. The van der Waals surface area contributed by atoms with Crippen LogP contribution in [0.4, 0.5) is 5.13 Å². The third-order valence-electron chi connectivity index (χ3n) is 4.85. The van der Waals surface area contributed by atoms with Gasteiger partial charge in [0.05, 0.1) is 16.6 Å². The highest BCUT2D eigenvalue weighted by Gasteiger charge is 2.20. The number of hydrogen-bond donors (Lipinski definition) is 0. The lowest BCUT2D eigenvalue weighted by Gasteiger charge is -2.24. The van der Waals surface area contributed by atoms with E-state index < -0.39 is 0 Å². The van der Waals surface area contributed by atoms with E-state index in [1.54, 1.807) is 23.1 Å². The molecule has 1 heterocycles. The topological polar surface area (TPSA) is 36.4 Å². The molecule has 156 valence electrons. The summed E-state index contributed by atoms with van der Waals surface area (Å²) in [5.41, 5.74) is 1.99. The molecule has 0 spiro atoms. The number of carbonyl (C=O) groups is 1. The molecule has 4 nitrogen and oxygen atoms in total. The molecule has 0 unspecified atom stereocenters. The molecule has 3 rings (SSSR count). The summed E-state index contributed by atoms with van der Waals surface area (Å²) in [7, 11) is 0. The van der Waals surface area contributed by atoms with Crippen molar-refractivity contribution in [2.75, 3.05) is 37.3 Å². The van der Waals surface area contributed by atoms with Gasteiger partial charge in [-0.25, -0.2) is 4.98 Å². The molecule has 3 aromatic rings. The minimum Gasteiger partial charge on any atom is -0.302 e. The monoisotopic (exact) mass is 449 g/mol. The third-order valence-corrected chi connectivity index (χ3v) is 6.62. The fraction of sp³-hybridized carbons (Fsp3) is 0.364. The molecule has 0 radical (unpaired) electrons. The van der Waals surface area contributed by atoms with E-state index in [0.29, 0.717) is 13.0 Å². The second-order valence-corrected chi connectivity index (χ2v) is 8.45. The predicted octanol–water partition coefficient (Wildman–Crippen LogP) is 5.36. The van der Waals surface area contributed by atoms with Gasteiger partial charge in [-0.1, -0.05) is 55.5 Å². The van der Waals surface area contributed by atoms with Gasteiger partial charge in [-0.05, 0) is 43.1 Å². The smallest absolute Gasteiger partial charge is 0.233 e. The first kappa shape index (κ1) is 23.7. The zero-order valence-corrected chi connectivity index (χ0v) is 19.6. The van der Waals surface area contributed by atoms with Crippen LogP contribution in [-0.4, -0.2) is 48.2 Å². The molecule has 0 fully saturated rings. The van der Waals surface area contributed by atoms with Crippen LogP contribution >= 0.6 is 35.5 Å². The molecular weight excluding hydrogens is 422 g/mol. The maximum atomic E-state index is 13.2. The number of carbonyl (C=O) groups excluding carboxylic acids is 1. The number of nitrogens with zero attached hydrogens (tertiary/aromatic N) is 3. The highest BCUT2D eigenvalue weighted by atomic mass is 35.5. The molecule has 0 aliphatic carbocycles. The van der Waals surface area contributed by atoms with E-state index in [0.717, 1.165) is 40.5 Å². The Morgan fingerprint density at radius 2 is 1.79 bits per heavy atom. The number of rotatable bonds is 9. The SMILES string of the molecule is CCN(CC)CCN(C(=O)Cc1ccccc1)c1nc2ccc(SC)cc2s1.Cl. The van der Waals surface area contributed by atoms with Crippen LogP contribution in [0.5, 0.6) is 0 Å². The van der Waals surface area contributed by atoms with Crippen LogP contribution in [0.1, 0.15) is 19.4 Å². The number of likely N-dealkylation sites (N-methyl/N-ethyl adjacent to an activating group) is 1. The molecule has 0 atom stereocenters. The van der Waals surface area contributed by atoms with E-state index in [1.165, 1.54) is 4.90 Å². The van der Waals surface area contributed by atoms with Gasteiger partial charge in [0.15, 0.2) is 5.13 Å². The Hall–Kier alpha value is -1.60. The minimum atomic E-state index is 0. The van der Waals surface area contributed by atoms with Crippen LogP contribution in [0.25, 0.3) is 10.2 Å². The Bertz CT molecular complexity index is 913. The van der Waals surface area contributed by atoms with Crippen LogP contribution in [-0.2, 0) is 11.2 Å². The lowest BCUT2D eigenvalue weighted by atomic mass is 10.1. The third kappa shape index (κ3) is 6.19. The number of halogens is 1. The Kier molecular flexibility index (Phi) is 9.43. The van der Waals surface area contributed by atoms with Gasteiger partial charge in [-0.3, -0.25) is 9.69 Å². The molecule has 0 aliphatic rings. The van der Waals surface area contributed by atoms with Gasteiger partial charge in [0.25, 0.3) is 0 Å². The number of anilines is 1. The summed E-state index contributed by atoms with van der Waals surface area (Å²) in [6.45, 7) is 7.77. The Balaban J connectivity index is 0.00000300. The molecular formula is C22H28ClN3OS2. The number of benzene rings is 2. The van der Waals surface area contributed by atoms with Crippen molar-refractivity contribution in [3.63, 3.8) is 0 Å². The first-order chi connectivity index (χ1) is 13.6. The second kappa shape index (κ2) is 11.6.